The van der Waals surface area contributed by atoms with Gasteiger partial charge in [-0.1, -0.05) is 20.8 Å². The summed E-state index contributed by atoms with van der Waals surface area (Å²) in [7, 11) is 1.57. The third kappa shape index (κ3) is 2.85. The van der Waals surface area contributed by atoms with Crippen molar-refractivity contribution in [2.75, 3.05) is 7.11 Å². The molecule has 2 heterocycles. The minimum atomic E-state index is -1.81. The largest absolute Gasteiger partial charge is 0.497 e. The first-order chi connectivity index (χ1) is 16.2. The Kier molecular flexibility index (Phi) is 5.08. The Hall–Kier alpha value is -2.39. The van der Waals surface area contributed by atoms with Crippen molar-refractivity contribution in [2.45, 2.75) is 82.4 Å². The van der Waals surface area contributed by atoms with Gasteiger partial charge in [0.05, 0.1) is 35.9 Å². The molecule has 5 rings (SSSR count). The molecule has 1 aromatic carbocycles. The molecule has 0 radical (unpaired) electrons. The van der Waals surface area contributed by atoms with Gasteiger partial charge in [-0.2, -0.15) is 0 Å². The molecule has 2 aliphatic carbocycles. The van der Waals surface area contributed by atoms with Crippen molar-refractivity contribution in [1.29, 1.82) is 0 Å². The summed E-state index contributed by atoms with van der Waals surface area (Å²) in [6.45, 7) is 6.90. The van der Waals surface area contributed by atoms with Gasteiger partial charge in [0.1, 0.15) is 28.5 Å². The van der Waals surface area contributed by atoms with Gasteiger partial charge in [0.2, 0.25) is 0 Å². The standard InChI is InChI=1S/C27H34O8/c1-23(2)20(28)13-21(29)25(4)26(23,31)11-10-24(3)27(25,32)14-17-19(35-24)12-18(34-22(17)30)15-6-8-16(33-5)9-7-15/h6-9,12,20-21,28-29,31-32H,10-11,13-14H2,1-5H3. The summed E-state index contributed by atoms with van der Waals surface area (Å²) in [5.41, 5.74) is -6.96. The number of rotatable bonds is 2. The number of aliphatic hydroxyl groups excluding tert-OH is 2. The summed E-state index contributed by atoms with van der Waals surface area (Å²) in [5.74, 6) is 1.31. The lowest BCUT2D eigenvalue weighted by Crippen LogP contribution is -2.84. The molecule has 35 heavy (non-hydrogen) atoms. The van der Waals surface area contributed by atoms with E-state index in [0.717, 1.165) is 0 Å². The molecule has 2 aromatic rings. The topological polar surface area (TPSA) is 130 Å². The van der Waals surface area contributed by atoms with Gasteiger partial charge in [0.25, 0.3) is 0 Å². The number of benzene rings is 1. The lowest BCUT2D eigenvalue weighted by Gasteiger charge is -2.72. The molecule has 2 fully saturated rings. The number of ether oxygens (including phenoxy) is 2. The van der Waals surface area contributed by atoms with E-state index in [-0.39, 0.29) is 31.2 Å². The molecule has 0 saturated heterocycles. The number of hydrogen-bond donors (Lipinski definition) is 4. The van der Waals surface area contributed by atoms with Crippen LogP contribution < -0.4 is 15.1 Å². The zero-order valence-electron chi connectivity index (χ0n) is 20.8. The Balaban J connectivity index is 1.64. The summed E-state index contributed by atoms with van der Waals surface area (Å²) in [6.07, 6.45) is -1.90. The molecular weight excluding hydrogens is 452 g/mol. The van der Waals surface area contributed by atoms with Crippen molar-refractivity contribution in [1.82, 2.24) is 0 Å². The first kappa shape index (κ1) is 24.3. The molecule has 0 bridgehead atoms. The van der Waals surface area contributed by atoms with E-state index in [2.05, 4.69) is 0 Å². The van der Waals surface area contributed by atoms with Crippen LogP contribution in [0, 0.1) is 10.8 Å². The number of hydrogen-bond acceptors (Lipinski definition) is 8. The van der Waals surface area contributed by atoms with Gasteiger partial charge in [-0.05, 0) is 44.0 Å². The smallest absolute Gasteiger partial charge is 0.343 e. The van der Waals surface area contributed by atoms with E-state index < -0.39 is 45.5 Å². The molecule has 6 atom stereocenters. The summed E-state index contributed by atoms with van der Waals surface area (Å²) in [4.78, 5) is 13.2. The highest BCUT2D eigenvalue weighted by Gasteiger charge is 2.79. The Labute approximate surface area is 204 Å². The van der Waals surface area contributed by atoms with E-state index in [0.29, 0.717) is 22.8 Å². The van der Waals surface area contributed by atoms with Crippen LogP contribution in [0.15, 0.2) is 39.5 Å². The predicted molar refractivity (Wildman–Crippen MR) is 127 cm³/mol. The average molecular weight is 487 g/mol. The summed E-state index contributed by atoms with van der Waals surface area (Å²) >= 11 is 0. The molecule has 8 nitrogen and oxygen atoms in total. The van der Waals surface area contributed by atoms with Crippen molar-refractivity contribution < 1.29 is 34.3 Å². The maximum absolute atomic E-state index is 13.2. The van der Waals surface area contributed by atoms with Crippen LogP contribution in [0.1, 0.15) is 52.5 Å². The van der Waals surface area contributed by atoms with Crippen molar-refractivity contribution in [3.8, 4) is 22.8 Å². The van der Waals surface area contributed by atoms with Crippen molar-refractivity contribution >= 4 is 0 Å². The molecule has 8 heteroatoms. The molecule has 2 saturated carbocycles. The Morgan fingerprint density at radius 2 is 1.63 bits per heavy atom. The molecule has 1 aromatic heterocycles. The summed E-state index contributed by atoms with van der Waals surface area (Å²) < 4.78 is 17.2. The van der Waals surface area contributed by atoms with Gasteiger partial charge in [0, 0.05) is 29.9 Å². The van der Waals surface area contributed by atoms with Crippen LogP contribution in [0.25, 0.3) is 11.3 Å². The minimum Gasteiger partial charge on any atom is -0.497 e. The van der Waals surface area contributed by atoms with Gasteiger partial charge >= 0.3 is 5.63 Å². The maximum Gasteiger partial charge on any atom is 0.343 e. The molecule has 3 aliphatic rings. The molecular formula is C27H34O8. The van der Waals surface area contributed by atoms with Crippen molar-refractivity contribution in [2.24, 2.45) is 10.8 Å². The van der Waals surface area contributed by atoms with Crippen LogP contribution in [0.3, 0.4) is 0 Å². The van der Waals surface area contributed by atoms with Crippen LogP contribution in [0.5, 0.6) is 11.5 Å². The Morgan fingerprint density at radius 3 is 2.26 bits per heavy atom. The zero-order valence-corrected chi connectivity index (χ0v) is 20.8. The van der Waals surface area contributed by atoms with E-state index >= 15 is 0 Å². The van der Waals surface area contributed by atoms with E-state index in [1.54, 1.807) is 65.1 Å². The highest BCUT2D eigenvalue weighted by molar-refractivity contribution is 5.61. The number of aliphatic hydroxyl groups is 4. The van der Waals surface area contributed by atoms with E-state index in [4.69, 9.17) is 13.9 Å². The molecule has 6 unspecified atom stereocenters. The van der Waals surface area contributed by atoms with Gasteiger partial charge < -0.3 is 34.3 Å². The van der Waals surface area contributed by atoms with Crippen LogP contribution in [0.4, 0.5) is 0 Å². The molecule has 1 aliphatic heterocycles. The fraction of sp³-hybridized carbons (Fsp3) is 0.593. The normalized spacial score (nSPS) is 39.6. The van der Waals surface area contributed by atoms with Crippen LogP contribution in [-0.2, 0) is 6.42 Å². The first-order valence-electron chi connectivity index (χ1n) is 12.1. The molecule has 0 amide bonds. The lowest BCUT2D eigenvalue weighted by atomic mass is 9.39. The van der Waals surface area contributed by atoms with Crippen LogP contribution >= 0.6 is 0 Å². The zero-order chi connectivity index (χ0) is 25.6. The average Bonchev–Trinajstić information content (AvgIpc) is 2.81. The summed E-state index contributed by atoms with van der Waals surface area (Å²) in [5, 5.41) is 46.4. The number of fused-ring (bicyclic) bond motifs is 4. The van der Waals surface area contributed by atoms with Gasteiger partial charge in [-0.3, -0.25) is 0 Å². The van der Waals surface area contributed by atoms with Gasteiger partial charge in [-0.15, -0.1) is 0 Å². The van der Waals surface area contributed by atoms with E-state index in [9.17, 15) is 25.2 Å². The van der Waals surface area contributed by atoms with Crippen molar-refractivity contribution in [3.63, 3.8) is 0 Å². The second-order valence-corrected chi connectivity index (χ2v) is 11.4. The van der Waals surface area contributed by atoms with Crippen LogP contribution in [-0.4, -0.2) is 56.5 Å². The third-order valence-electron chi connectivity index (χ3n) is 9.72. The first-order valence-corrected chi connectivity index (χ1v) is 12.1. The summed E-state index contributed by atoms with van der Waals surface area (Å²) in [6, 6.07) is 8.73. The van der Waals surface area contributed by atoms with Crippen LogP contribution in [0.2, 0.25) is 0 Å². The Bertz CT molecular complexity index is 1220. The second-order valence-electron chi connectivity index (χ2n) is 11.4. The van der Waals surface area contributed by atoms with Crippen molar-refractivity contribution in [3.05, 3.63) is 46.3 Å². The minimum absolute atomic E-state index is 0.0118. The second kappa shape index (κ2) is 7.32. The Morgan fingerprint density at radius 1 is 0.971 bits per heavy atom. The fourth-order valence-electron chi connectivity index (χ4n) is 6.99. The highest BCUT2D eigenvalue weighted by Crippen LogP contribution is 2.67. The van der Waals surface area contributed by atoms with E-state index in [1.807, 2.05) is 0 Å². The monoisotopic (exact) mass is 486 g/mol. The maximum atomic E-state index is 13.2. The van der Waals surface area contributed by atoms with E-state index in [1.165, 1.54) is 0 Å². The highest BCUT2D eigenvalue weighted by atomic mass is 16.5. The molecule has 4 N–H and O–H groups in total. The van der Waals surface area contributed by atoms with Gasteiger partial charge in [-0.25, -0.2) is 4.79 Å². The number of methoxy groups -OCH3 is 1. The van der Waals surface area contributed by atoms with Gasteiger partial charge in [0.15, 0.2) is 0 Å². The molecule has 0 spiro atoms. The SMILES string of the molecule is COc1ccc(-c2cc3c(c(=O)o2)CC2(O)C(C)(CCC4(O)C(C)(C)C(O)CC(O)C24C)O3)cc1. The quantitative estimate of drug-likeness (QED) is 0.509. The predicted octanol–water partition coefficient (Wildman–Crippen LogP) is 2.42. The fourth-order valence-corrected chi connectivity index (χ4v) is 6.99. The third-order valence-corrected chi connectivity index (χ3v) is 9.72. The molecule has 190 valence electrons. The lowest BCUT2D eigenvalue weighted by molar-refractivity contribution is -0.365.